The second kappa shape index (κ2) is 12.1. The predicted octanol–water partition coefficient (Wildman–Crippen LogP) is 3.79. The molecule has 0 fully saturated rings. The first-order chi connectivity index (χ1) is 16.8. The van der Waals surface area contributed by atoms with Crippen molar-refractivity contribution < 1.29 is 27.4 Å². The highest BCUT2D eigenvalue weighted by molar-refractivity contribution is 7.92. The van der Waals surface area contributed by atoms with Gasteiger partial charge in [-0.2, -0.15) is 0 Å². The largest absolute Gasteiger partial charge is 0.497 e. The fourth-order valence-electron chi connectivity index (χ4n) is 3.30. The summed E-state index contributed by atoms with van der Waals surface area (Å²) in [5.74, 6) is 1.26. The van der Waals surface area contributed by atoms with Gasteiger partial charge in [0.05, 0.1) is 30.8 Å². The summed E-state index contributed by atoms with van der Waals surface area (Å²) < 4.78 is 44.6. The number of nitrogens with one attached hydrogen (secondary N) is 1. The third-order valence-corrected chi connectivity index (χ3v) is 6.86. The normalized spacial score (nSPS) is 10.9. The summed E-state index contributed by atoms with van der Waals surface area (Å²) in [6, 6.07) is 20.3. The van der Waals surface area contributed by atoms with Gasteiger partial charge in [0.1, 0.15) is 30.4 Å². The molecule has 8 nitrogen and oxygen atoms in total. The highest BCUT2D eigenvalue weighted by atomic mass is 32.2. The van der Waals surface area contributed by atoms with Crippen LogP contribution < -0.4 is 23.8 Å². The van der Waals surface area contributed by atoms with Crippen LogP contribution in [0.4, 0.5) is 5.69 Å². The number of para-hydroxylation sites is 2. The second-order valence-corrected chi connectivity index (χ2v) is 9.46. The SMILES string of the molecule is CCOc1ccccc1N(CC(=O)NCCOc1ccc(OC)cc1)S(=O)(=O)c1ccc(C)cc1. The van der Waals surface area contributed by atoms with Crippen molar-refractivity contribution in [3.63, 3.8) is 0 Å². The number of rotatable bonds is 12. The maximum absolute atomic E-state index is 13.6. The van der Waals surface area contributed by atoms with E-state index in [9.17, 15) is 13.2 Å². The molecule has 0 aromatic heterocycles. The standard InChI is InChI=1S/C26H30N2O6S/c1-4-33-25-8-6-5-7-24(25)28(35(30,31)23-15-9-20(2)10-16-23)19-26(29)27-17-18-34-22-13-11-21(32-3)12-14-22/h5-16H,4,17-19H2,1-3H3,(H,27,29). The molecule has 1 N–H and O–H groups in total. The monoisotopic (exact) mass is 498 g/mol. The zero-order chi connectivity index (χ0) is 25.3. The van der Waals surface area contributed by atoms with E-state index in [1.165, 1.54) is 12.1 Å². The highest BCUT2D eigenvalue weighted by Crippen LogP contribution is 2.32. The van der Waals surface area contributed by atoms with E-state index in [0.717, 1.165) is 9.87 Å². The molecule has 0 unspecified atom stereocenters. The minimum atomic E-state index is -4.04. The molecular formula is C26H30N2O6S. The van der Waals surface area contributed by atoms with Crippen LogP contribution in [-0.4, -0.2) is 47.7 Å². The van der Waals surface area contributed by atoms with E-state index in [2.05, 4.69) is 5.32 Å². The summed E-state index contributed by atoms with van der Waals surface area (Å²) in [6.07, 6.45) is 0. The van der Waals surface area contributed by atoms with Gasteiger partial charge in [0.2, 0.25) is 5.91 Å². The van der Waals surface area contributed by atoms with Gasteiger partial charge < -0.3 is 19.5 Å². The summed E-state index contributed by atoms with van der Waals surface area (Å²) in [5.41, 5.74) is 1.22. The third-order valence-electron chi connectivity index (χ3n) is 5.08. The number of nitrogens with zero attached hydrogens (tertiary/aromatic N) is 1. The maximum atomic E-state index is 13.6. The zero-order valence-electron chi connectivity index (χ0n) is 20.1. The Morgan fingerprint density at radius 1 is 0.914 bits per heavy atom. The molecule has 0 saturated carbocycles. The number of carbonyl (C=O) groups excluding carboxylic acids is 1. The van der Waals surface area contributed by atoms with Crippen LogP contribution in [-0.2, 0) is 14.8 Å². The first-order valence-corrected chi connectivity index (χ1v) is 12.6. The quantitative estimate of drug-likeness (QED) is 0.382. The van der Waals surface area contributed by atoms with Crippen LogP contribution in [0.1, 0.15) is 12.5 Å². The van der Waals surface area contributed by atoms with Crippen LogP contribution in [0.15, 0.2) is 77.7 Å². The van der Waals surface area contributed by atoms with Crippen LogP contribution >= 0.6 is 0 Å². The minimum absolute atomic E-state index is 0.0880. The Morgan fingerprint density at radius 3 is 2.23 bits per heavy atom. The van der Waals surface area contributed by atoms with Gasteiger partial charge in [-0.3, -0.25) is 9.10 Å². The van der Waals surface area contributed by atoms with Crippen molar-refractivity contribution in [3.8, 4) is 17.2 Å². The average Bonchev–Trinajstić information content (AvgIpc) is 2.86. The predicted molar refractivity (Wildman–Crippen MR) is 135 cm³/mol. The van der Waals surface area contributed by atoms with Gasteiger partial charge in [-0.05, 0) is 62.4 Å². The van der Waals surface area contributed by atoms with Crippen LogP contribution in [0.2, 0.25) is 0 Å². The number of amides is 1. The van der Waals surface area contributed by atoms with Gasteiger partial charge in [-0.25, -0.2) is 8.42 Å². The molecule has 0 atom stereocenters. The molecule has 0 aliphatic heterocycles. The number of hydrogen-bond acceptors (Lipinski definition) is 6. The highest BCUT2D eigenvalue weighted by Gasteiger charge is 2.29. The molecule has 0 saturated heterocycles. The Bertz CT molecular complexity index is 1210. The maximum Gasteiger partial charge on any atom is 0.264 e. The van der Waals surface area contributed by atoms with Crippen LogP contribution in [0.25, 0.3) is 0 Å². The lowest BCUT2D eigenvalue weighted by Gasteiger charge is -2.26. The number of benzene rings is 3. The Balaban J connectivity index is 1.74. The number of hydrogen-bond donors (Lipinski definition) is 1. The van der Waals surface area contributed by atoms with E-state index in [1.54, 1.807) is 67.8 Å². The van der Waals surface area contributed by atoms with Gasteiger partial charge in [-0.15, -0.1) is 0 Å². The Kier molecular flexibility index (Phi) is 8.97. The fraction of sp³-hybridized carbons (Fsp3) is 0.269. The van der Waals surface area contributed by atoms with Crippen molar-refractivity contribution in [1.29, 1.82) is 0 Å². The van der Waals surface area contributed by atoms with Crippen molar-refractivity contribution in [2.24, 2.45) is 0 Å². The number of carbonyl (C=O) groups is 1. The van der Waals surface area contributed by atoms with Gasteiger partial charge in [-0.1, -0.05) is 29.8 Å². The molecule has 0 aliphatic carbocycles. The average molecular weight is 499 g/mol. The summed E-state index contributed by atoms with van der Waals surface area (Å²) in [5, 5.41) is 2.72. The molecule has 0 aliphatic rings. The fourth-order valence-corrected chi connectivity index (χ4v) is 4.73. The molecule has 1 amide bonds. The molecule has 9 heteroatoms. The molecule has 35 heavy (non-hydrogen) atoms. The number of anilines is 1. The van der Waals surface area contributed by atoms with Crippen LogP contribution in [0, 0.1) is 6.92 Å². The third kappa shape index (κ3) is 6.89. The number of aryl methyl sites for hydroxylation is 1. The minimum Gasteiger partial charge on any atom is -0.497 e. The van der Waals surface area contributed by atoms with Crippen molar-refractivity contribution >= 4 is 21.6 Å². The summed E-state index contributed by atoms with van der Waals surface area (Å²) >= 11 is 0. The summed E-state index contributed by atoms with van der Waals surface area (Å²) in [4.78, 5) is 12.9. The molecule has 0 spiro atoms. The molecule has 0 heterocycles. The van der Waals surface area contributed by atoms with E-state index < -0.39 is 22.5 Å². The van der Waals surface area contributed by atoms with Crippen LogP contribution in [0.5, 0.6) is 17.2 Å². The van der Waals surface area contributed by atoms with Crippen molar-refractivity contribution in [3.05, 3.63) is 78.4 Å². The van der Waals surface area contributed by atoms with Crippen molar-refractivity contribution in [2.75, 3.05) is 37.7 Å². The number of ether oxygens (including phenoxy) is 3. The van der Waals surface area contributed by atoms with Crippen LogP contribution in [0.3, 0.4) is 0 Å². The van der Waals surface area contributed by atoms with Gasteiger partial charge in [0, 0.05) is 0 Å². The molecule has 3 rings (SSSR count). The first kappa shape index (κ1) is 25.9. The smallest absolute Gasteiger partial charge is 0.264 e. The van der Waals surface area contributed by atoms with Gasteiger partial charge >= 0.3 is 0 Å². The van der Waals surface area contributed by atoms with Crippen molar-refractivity contribution in [2.45, 2.75) is 18.7 Å². The number of methoxy groups -OCH3 is 1. The molecule has 0 radical (unpaired) electrons. The lowest BCUT2D eigenvalue weighted by Crippen LogP contribution is -2.42. The Labute approximate surface area is 206 Å². The Hall–Kier alpha value is -3.72. The first-order valence-electron chi connectivity index (χ1n) is 11.2. The van der Waals surface area contributed by atoms with Gasteiger partial charge in [0.25, 0.3) is 10.0 Å². The molecule has 186 valence electrons. The van der Waals surface area contributed by atoms with E-state index in [0.29, 0.717) is 29.5 Å². The zero-order valence-corrected chi connectivity index (χ0v) is 20.9. The van der Waals surface area contributed by atoms with E-state index in [4.69, 9.17) is 14.2 Å². The van der Waals surface area contributed by atoms with E-state index in [1.807, 2.05) is 13.8 Å². The Morgan fingerprint density at radius 2 is 1.57 bits per heavy atom. The lowest BCUT2D eigenvalue weighted by atomic mass is 10.2. The van der Waals surface area contributed by atoms with Crippen molar-refractivity contribution in [1.82, 2.24) is 5.32 Å². The number of sulfonamides is 1. The lowest BCUT2D eigenvalue weighted by molar-refractivity contribution is -0.119. The molecular weight excluding hydrogens is 468 g/mol. The van der Waals surface area contributed by atoms with E-state index >= 15 is 0 Å². The molecule has 3 aromatic carbocycles. The van der Waals surface area contributed by atoms with E-state index in [-0.39, 0.29) is 18.0 Å². The molecule has 3 aromatic rings. The summed E-state index contributed by atoms with van der Waals surface area (Å²) in [7, 11) is -2.45. The molecule has 0 bridgehead atoms. The second-order valence-electron chi connectivity index (χ2n) is 7.60. The summed E-state index contributed by atoms with van der Waals surface area (Å²) in [6.45, 7) is 4.05. The van der Waals surface area contributed by atoms with Gasteiger partial charge in [0.15, 0.2) is 0 Å². The topological polar surface area (TPSA) is 94.2 Å².